The molecule has 0 aromatic carbocycles. The molecular formula is C13H24N2O3S. The van der Waals surface area contributed by atoms with Crippen molar-refractivity contribution < 1.29 is 13.2 Å². The predicted molar refractivity (Wildman–Crippen MR) is 73.5 cm³/mol. The molecule has 2 saturated heterocycles. The Balaban J connectivity index is 1.53. The van der Waals surface area contributed by atoms with E-state index in [1.807, 2.05) is 0 Å². The first kappa shape index (κ1) is 13.8. The molecule has 2 heterocycles. The molecule has 2 aliphatic heterocycles. The highest BCUT2D eigenvalue weighted by molar-refractivity contribution is 7.89. The van der Waals surface area contributed by atoms with Gasteiger partial charge in [0.1, 0.15) is 0 Å². The van der Waals surface area contributed by atoms with Crippen LogP contribution in [0.5, 0.6) is 0 Å². The molecule has 3 aliphatic rings. The average Bonchev–Trinajstić information content (AvgIpc) is 3.14. The third kappa shape index (κ3) is 3.12. The molecule has 3 fully saturated rings. The van der Waals surface area contributed by atoms with Gasteiger partial charge in [-0.05, 0) is 32.1 Å². The van der Waals surface area contributed by atoms with E-state index in [9.17, 15) is 8.42 Å². The molecule has 0 amide bonds. The zero-order valence-corrected chi connectivity index (χ0v) is 12.4. The Bertz CT molecular complexity index is 422. The van der Waals surface area contributed by atoms with Gasteiger partial charge in [0.15, 0.2) is 0 Å². The molecule has 0 N–H and O–H groups in total. The van der Waals surface area contributed by atoms with E-state index < -0.39 is 10.0 Å². The summed E-state index contributed by atoms with van der Waals surface area (Å²) in [5.41, 5.74) is 0. The fraction of sp³-hybridized carbons (Fsp3) is 1.00. The number of nitrogens with zero attached hydrogens (tertiary/aromatic N) is 2. The SMILES string of the molecule is CCS(=O)(=O)N1CCN2C[C@@H](OCC3CC3)C[C@H]2C1. The van der Waals surface area contributed by atoms with E-state index >= 15 is 0 Å². The molecule has 3 rings (SSSR count). The number of fused-ring (bicyclic) bond motifs is 1. The van der Waals surface area contributed by atoms with Crippen molar-refractivity contribution in [1.82, 2.24) is 9.21 Å². The third-order valence-corrected chi connectivity index (χ3v) is 6.41. The number of hydrogen-bond acceptors (Lipinski definition) is 4. The minimum Gasteiger partial charge on any atom is -0.377 e. The zero-order valence-electron chi connectivity index (χ0n) is 11.6. The lowest BCUT2D eigenvalue weighted by molar-refractivity contribution is 0.0517. The Morgan fingerprint density at radius 1 is 1.21 bits per heavy atom. The first-order valence-corrected chi connectivity index (χ1v) is 9.03. The predicted octanol–water partition coefficient (Wildman–Crippen LogP) is 0.521. The second-order valence-corrected chi connectivity index (χ2v) is 8.30. The third-order valence-electron chi connectivity index (χ3n) is 4.56. The molecule has 5 nitrogen and oxygen atoms in total. The monoisotopic (exact) mass is 288 g/mol. The number of piperazine rings is 1. The van der Waals surface area contributed by atoms with Crippen molar-refractivity contribution in [3.05, 3.63) is 0 Å². The number of sulfonamides is 1. The molecule has 0 bridgehead atoms. The zero-order chi connectivity index (χ0) is 13.5. The maximum absolute atomic E-state index is 11.9. The normalized spacial score (nSPS) is 33.5. The average molecular weight is 288 g/mol. The summed E-state index contributed by atoms with van der Waals surface area (Å²) >= 11 is 0. The van der Waals surface area contributed by atoms with Crippen LogP contribution in [-0.4, -0.2) is 68.3 Å². The van der Waals surface area contributed by atoms with Crippen molar-refractivity contribution in [2.24, 2.45) is 5.92 Å². The molecule has 0 unspecified atom stereocenters. The molecule has 1 saturated carbocycles. The Kier molecular flexibility index (Phi) is 3.86. The largest absolute Gasteiger partial charge is 0.377 e. The topological polar surface area (TPSA) is 49.9 Å². The summed E-state index contributed by atoms with van der Waals surface area (Å²) in [6.07, 6.45) is 3.95. The van der Waals surface area contributed by atoms with Crippen LogP contribution in [0.15, 0.2) is 0 Å². The highest BCUT2D eigenvalue weighted by Gasteiger charge is 2.39. The maximum atomic E-state index is 11.9. The Hall–Kier alpha value is -0.170. The molecule has 0 spiro atoms. The smallest absolute Gasteiger partial charge is 0.213 e. The van der Waals surface area contributed by atoms with Gasteiger partial charge in [-0.25, -0.2) is 8.42 Å². The number of rotatable bonds is 5. The van der Waals surface area contributed by atoms with Crippen molar-refractivity contribution in [3.8, 4) is 0 Å². The summed E-state index contributed by atoms with van der Waals surface area (Å²) in [5.74, 6) is 1.01. The molecule has 0 radical (unpaired) electrons. The van der Waals surface area contributed by atoms with Gasteiger partial charge in [-0.3, -0.25) is 4.90 Å². The fourth-order valence-corrected chi connectivity index (χ4v) is 4.20. The second kappa shape index (κ2) is 5.31. The van der Waals surface area contributed by atoms with E-state index in [4.69, 9.17) is 4.74 Å². The summed E-state index contributed by atoms with van der Waals surface area (Å²) in [4.78, 5) is 2.40. The van der Waals surface area contributed by atoms with Gasteiger partial charge >= 0.3 is 0 Å². The van der Waals surface area contributed by atoms with E-state index in [2.05, 4.69) is 4.90 Å². The van der Waals surface area contributed by atoms with Gasteiger partial charge in [0, 0.05) is 38.8 Å². The summed E-state index contributed by atoms with van der Waals surface area (Å²) in [7, 11) is -3.03. The fourth-order valence-electron chi connectivity index (χ4n) is 3.08. The van der Waals surface area contributed by atoms with Gasteiger partial charge in [0.05, 0.1) is 11.9 Å². The van der Waals surface area contributed by atoms with Gasteiger partial charge in [-0.2, -0.15) is 4.31 Å². The van der Waals surface area contributed by atoms with Crippen molar-refractivity contribution in [1.29, 1.82) is 0 Å². The van der Waals surface area contributed by atoms with Crippen LogP contribution < -0.4 is 0 Å². The first-order chi connectivity index (χ1) is 9.08. The molecule has 1 aliphatic carbocycles. The number of hydrogen-bond donors (Lipinski definition) is 0. The van der Waals surface area contributed by atoms with Crippen molar-refractivity contribution >= 4 is 10.0 Å². The summed E-state index contributed by atoms with van der Waals surface area (Å²) in [6, 6.07) is 0.360. The second-order valence-electron chi connectivity index (χ2n) is 6.04. The van der Waals surface area contributed by atoms with E-state index in [0.29, 0.717) is 25.2 Å². The summed E-state index contributed by atoms with van der Waals surface area (Å²) < 4.78 is 31.5. The molecule has 110 valence electrons. The van der Waals surface area contributed by atoms with E-state index in [1.165, 1.54) is 12.8 Å². The molecule has 6 heteroatoms. The van der Waals surface area contributed by atoms with E-state index in [1.54, 1.807) is 11.2 Å². The van der Waals surface area contributed by atoms with Gasteiger partial charge in [0.25, 0.3) is 0 Å². The van der Waals surface area contributed by atoms with Crippen molar-refractivity contribution in [2.75, 3.05) is 38.5 Å². The summed E-state index contributed by atoms with van der Waals surface area (Å²) in [6.45, 7) is 5.76. The van der Waals surface area contributed by atoms with E-state index in [-0.39, 0.29) is 5.75 Å². The Morgan fingerprint density at radius 3 is 2.68 bits per heavy atom. The Morgan fingerprint density at radius 2 is 2.00 bits per heavy atom. The highest BCUT2D eigenvalue weighted by Crippen LogP contribution is 2.31. The lowest BCUT2D eigenvalue weighted by atomic mass is 10.2. The van der Waals surface area contributed by atoms with Crippen LogP contribution in [0, 0.1) is 5.92 Å². The molecule has 19 heavy (non-hydrogen) atoms. The molecule has 0 aromatic rings. The van der Waals surface area contributed by atoms with Gasteiger partial charge in [-0.15, -0.1) is 0 Å². The van der Waals surface area contributed by atoms with Crippen molar-refractivity contribution in [2.45, 2.75) is 38.3 Å². The van der Waals surface area contributed by atoms with Crippen LogP contribution in [0.2, 0.25) is 0 Å². The minimum atomic E-state index is -3.03. The van der Waals surface area contributed by atoms with Crippen LogP contribution in [-0.2, 0) is 14.8 Å². The van der Waals surface area contributed by atoms with Crippen LogP contribution in [0.1, 0.15) is 26.2 Å². The maximum Gasteiger partial charge on any atom is 0.213 e. The molecule has 2 atom stereocenters. The van der Waals surface area contributed by atoms with Crippen LogP contribution in [0.25, 0.3) is 0 Å². The standard InChI is InChI=1S/C13H24N2O3S/c1-2-19(16,17)15-6-5-14-9-13(7-12(14)8-15)18-10-11-3-4-11/h11-13H,2-10H2,1H3/t12-,13-/m0/s1. The van der Waals surface area contributed by atoms with Gasteiger partial charge in [0.2, 0.25) is 10.0 Å². The summed E-state index contributed by atoms with van der Waals surface area (Å²) in [5, 5.41) is 0. The number of ether oxygens (including phenoxy) is 1. The highest BCUT2D eigenvalue weighted by atomic mass is 32.2. The van der Waals surface area contributed by atoms with Crippen LogP contribution in [0.3, 0.4) is 0 Å². The minimum absolute atomic E-state index is 0.210. The Labute approximate surface area is 115 Å². The lowest BCUT2D eigenvalue weighted by Crippen LogP contribution is -2.52. The van der Waals surface area contributed by atoms with Crippen molar-refractivity contribution in [3.63, 3.8) is 0 Å². The molecule has 0 aromatic heterocycles. The molecular weight excluding hydrogens is 264 g/mol. The quantitative estimate of drug-likeness (QED) is 0.740. The van der Waals surface area contributed by atoms with Crippen LogP contribution in [0.4, 0.5) is 0 Å². The van der Waals surface area contributed by atoms with E-state index in [0.717, 1.165) is 32.0 Å². The lowest BCUT2D eigenvalue weighted by Gasteiger charge is -2.36. The van der Waals surface area contributed by atoms with Crippen LogP contribution >= 0.6 is 0 Å². The first-order valence-electron chi connectivity index (χ1n) is 7.42. The van der Waals surface area contributed by atoms with Gasteiger partial charge < -0.3 is 4.74 Å². The van der Waals surface area contributed by atoms with Gasteiger partial charge in [-0.1, -0.05) is 0 Å².